The third-order valence-electron chi connectivity index (χ3n) is 5.43. The first kappa shape index (κ1) is 18.5. The summed E-state index contributed by atoms with van der Waals surface area (Å²) in [6, 6.07) is 9.26. The van der Waals surface area contributed by atoms with E-state index in [0.29, 0.717) is 6.42 Å². The summed E-state index contributed by atoms with van der Waals surface area (Å²) in [7, 11) is 3.65. The fourth-order valence-electron chi connectivity index (χ4n) is 3.68. The van der Waals surface area contributed by atoms with Crippen molar-refractivity contribution in [1.82, 2.24) is 14.7 Å². The number of rotatable bonds is 5. The number of aliphatic hydroxyl groups is 1. The topological polar surface area (TPSA) is 67.6 Å². The van der Waals surface area contributed by atoms with E-state index in [1.165, 1.54) is 0 Å². The van der Waals surface area contributed by atoms with Gasteiger partial charge >= 0.3 is 0 Å². The molecule has 1 saturated carbocycles. The molecule has 0 unspecified atom stereocenters. The third-order valence-corrected chi connectivity index (χ3v) is 5.43. The van der Waals surface area contributed by atoms with Crippen molar-refractivity contribution in [2.45, 2.75) is 51.4 Å². The Kier molecular flexibility index (Phi) is 5.32. The van der Waals surface area contributed by atoms with Gasteiger partial charge in [-0.15, -0.1) is 0 Å². The van der Waals surface area contributed by atoms with Crippen LogP contribution in [-0.2, 0) is 18.3 Å². The van der Waals surface area contributed by atoms with Crippen molar-refractivity contribution in [3.63, 3.8) is 0 Å². The fourth-order valence-corrected chi connectivity index (χ4v) is 3.68. The quantitative estimate of drug-likeness (QED) is 0.889. The summed E-state index contributed by atoms with van der Waals surface area (Å²) in [6.45, 7) is 3.89. The predicted octanol–water partition coefficient (Wildman–Crippen LogP) is 2.01. The molecular formula is C20H27N3O3. The molecular weight excluding hydrogens is 330 g/mol. The van der Waals surface area contributed by atoms with Crippen LogP contribution in [0.3, 0.4) is 0 Å². The maximum Gasteiger partial charge on any atom is 0.227 e. The van der Waals surface area contributed by atoms with Crippen molar-refractivity contribution in [3.05, 3.63) is 47.3 Å². The van der Waals surface area contributed by atoms with Crippen LogP contribution in [0.4, 0.5) is 0 Å². The van der Waals surface area contributed by atoms with Gasteiger partial charge in [0.15, 0.2) is 0 Å². The normalized spacial score (nSPS) is 22.4. The number of para-hydroxylation sites is 1. The molecule has 3 rings (SSSR count). The molecule has 1 aromatic carbocycles. The van der Waals surface area contributed by atoms with Gasteiger partial charge in [0.2, 0.25) is 5.91 Å². The zero-order valence-electron chi connectivity index (χ0n) is 15.8. The lowest BCUT2D eigenvalue weighted by Crippen LogP contribution is -2.46. The molecule has 1 aliphatic rings. The van der Waals surface area contributed by atoms with E-state index in [4.69, 9.17) is 4.74 Å². The number of carbonyl (C=O) groups is 1. The first-order chi connectivity index (χ1) is 12.4. The molecule has 2 aromatic rings. The lowest BCUT2D eigenvalue weighted by molar-refractivity contribution is -0.133. The van der Waals surface area contributed by atoms with Crippen LogP contribution in [0.15, 0.2) is 30.3 Å². The second-order valence-electron chi connectivity index (χ2n) is 7.06. The van der Waals surface area contributed by atoms with Crippen molar-refractivity contribution < 1.29 is 14.6 Å². The third kappa shape index (κ3) is 3.60. The average molecular weight is 357 g/mol. The summed E-state index contributed by atoms with van der Waals surface area (Å²) in [5.74, 6) is 0.737. The van der Waals surface area contributed by atoms with E-state index in [1.807, 2.05) is 51.2 Å². The number of carbonyl (C=O) groups excluding carboxylic acids is 1. The van der Waals surface area contributed by atoms with E-state index in [2.05, 4.69) is 5.10 Å². The molecule has 1 fully saturated rings. The van der Waals surface area contributed by atoms with E-state index < -0.39 is 6.10 Å². The Hall–Kier alpha value is -2.34. The molecule has 1 amide bonds. The molecule has 0 radical (unpaired) electrons. The molecule has 3 atom stereocenters. The minimum absolute atomic E-state index is 0.00592. The molecule has 1 heterocycles. The van der Waals surface area contributed by atoms with Gasteiger partial charge in [0.05, 0.1) is 18.2 Å². The van der Waals surface area contributed by atoms with Gasteiger partial charge in [-0.3, -0.25) is 9.48 Å². The SMILES string of the molecule is Cc1nn(C)c(C)c1CC(=O)N(C)[C@@H]1CC[C@@H](Oc2ccccc2)[C@@H]1O. The van der Waals surface area contributed by atoms with E-state index in [-0.39, 0.29) is 18.1 Å². The van der Waals surface area contributed by atoms with Gasteiger partial charge in [0.1, 0.15) is 18.0 Å². The molecule has 0 bridgehead atoms. The number of aromatic nitrogens is 2. The van der Waals surface area contributed by atoms with Gasteiger partial charge in [-0.1, -0.05) is 18.2 Å². The standard InChI is InChI=1S/C20H27N3O3/c1-13-16(14(2)23(4)21-13)12-19(24)22(3)17-10-11-18(20(17)25)26-15-8-6-5-7-9-15/h5-9,17-18,20,25H,10-12H2,1-4H3/t17-,18-,20-/m1/s1. The van der Waals surface area contributed by atoms with Crippen molar-refractivity contribution in [1.29, 1.82) is 0 Å². The van der Waals surface area contributed by atoms with Gasteiger partial charge in [-0.05, 0) is 38.8 Å². The molecule has 0 aliphatic heterocycles. The zero-order chi connectivity index (χ0) is 18.8. The number of aliphatic hydroxyl groups excluding tert-OH is 1. The maximum atomic E-state index is 12.8. The number of nitrogens with zero attached hydrogens (tertiary/aromatic N) is 3. The summed E-state index contributed by atoms with van der Waals surface area (Å²) in [5.41, 5.74) is 2.85. The highest BCUT2D eigenvalue weighted by Crippen LogP contribution is 2.28. The zero-order valence-corrected chi connectivity index (χ0v) is 15.8. The summed E-state index contributed by atoms with van der Waals surface area (Å²) in [4.78, 5) is 14.4. The first-order valence-electron chi connectivity index (χ1n) is 9.03. The number of hydrogen-bond donors (Lipinski definition) is 1. The Balaban J connectivity index is 1.64. The molecule has 6 nitrogen and oxygen atoms in total. The Morgan fingerprint density at radius 2 is 2.00 bits per heavy atom. The smallest absolute Gasteiger partial charge is 0.227 e. The molecule has 1 aromatic heterocycles. The van der Waals surface area contributed by atoms with Crippen LogP contribution in [0.1, 0.15) is 29.8 Å². The Labute approximate surface area is 154 Å². The van der Waals surface area contributed by atoms with Gasteiger partial charge in [0.25, 0.3) is 0 Å². The summed E-state index contributed by atoms with van der Waals surface area (Å²) >= 11 is 0. The molecule has 26 heavy (non-hydrogen) atoms. The van der Waals surface area contributed by atoms with Crippen LogP contribution in [0.2, 0.25) is 0 Å². The predicted molar refractivity (Wildman–Crippen MR) is 99.0 cm³/mol. The van der Waals surface area contributed by atoms with Crippen molar-refractivity contribution in [3.8, 4) is 5.75 Å². The Morgan fingerprint density at radius 3 is 2.62 bits per heavy atom. The number of amides is 1. The molecule has 6 heteroatoms. The fraction of sp³-hybridized carbons (Fsp3) is 0.500. The van der Waals surface area contributed by atoms with E-state index in [0.717, 1.165) is 35.5 Å². The van der Waals surface area contributed by atoms with Gasteiger partial charge in [-0.2, -0.15) is 5.10 Å². The maximum absolute atomic E-state index is 12.8. The minimum Gasteiger partial charge on any atom is -0.488 e. The summed E-state index contributed by atoms with van der Waals surface area (Å²) in [5, 5.41) is 15.0. The van der Waals surface area contributed by atoms with Crippen molar-refractivity contribution in [2.24, 2.45) is 7.05 Å². The molecule has 0 saturated heterocycles. The highest BCUT2D eigenvalue weighted by Gasteiger charge is 2.40. The van der Waals surface area contributed by atoms with E-state index in [9.17, 15) is 9.90 Å². The van der Waals surface area contributed by atoms with Crippen LogP contribution in [-0.4, -0.2) is 51.0 Å². The highest BCUT2D eigenvalue weighted by molar-refractivity contribution is 5.79. The summed E-state index contributed by atoms with van der Waals surface area (Å²) in [6.07, 6.45) is 0.768. The number of hydrogen-bond acceptors (Lipinski definition) is 4. The second-order valence-corrected chi connectivity index (χ2v) is 7.06. The first-order valence-corrected chi connectivity index (χ1v) is 9.03. The average Bonchev–Trinajstić information content (AvgIpc) is 3.09. The monoisotopic (exact) mass is 357 g/mol. The lowest BCUT2D eigenvalue weighted by atomic mass is 10.1. The van der Waals surface area contributed by atoms with Crippen LogP contribution in [0.5, 0.6) is 5.75 Å². The molecule has 1 N–H and O–H groups in total. The Bertz CT molecular complexity index is 772. The largest absolute Gasteiger partial charge is 0.488 e. The van der Waals surface area contributed by atoms with Crippen LogP contribution in [0.25, 0.3) is 0 Å². The molecule has 140 valence electrons. The number of likely N-dealkylation sites (N-methyl/N-ethyl adjacent to an activating group) is 1. The van der Waals surface area contributed by atoms with Crippen LogP contribution >= 0.6 is 0 Å². The minimum atomic E-state index is -0.694. The van der Waals surface area contributed by atoms with E-state index >= 15 is 0 Å². The van der Waals surface area contributed by atoms with E-state index in [1.54, 1.807) is 16.6 Å². The lowest BCUT2D eigenvalue weighted by Gasteiger charge is -2.29. The van der Waals surface area contributed by atoms with Gasteiger partial charge in [0, 0.05) is 25.4 Å². The molecule has 1 aliphatic carbocycles. The van der Waals surface area contributed by atoms with Crippen molar-refractivity contribution >= 4 is 5.91 Å². The van der Waals surface area contributed by atoms with Crippen LogP contribution in [0, 0.1) is 13.8 Å². The van der Waals surface area contributed by atoms with Crippen LogP contribution < -0.4 is 4.74 Å². The second kappa shape index (κ2) is 7.50. The van der Waals surface area contributed by atoms with Gasteiger partial charge in [-0.25, -0.2) is 0 Å². The van der Waals surface area contributed by atoms with Crippen molar-refractivity contribution in [2.75, 3.05) is 7.05 Å². The Morgan fingerprint density at radius 1 is 1.31 bits per heavy atom. The number of ether oxygens (including phenoxy) is 1. The molecule has 0 spiro atoms. The highest BCUT2D eigenvalue weighted by atomic mass is 16.5. The number of aryl methyl sites for hydroxylation is 2. The van der Waals surface area contributed by atoms with Gasteiger partial charge < -0.3 is 14.7 Å². The number of benzene rings is 1. The summed E-state index contributed by atoms with van der Waals surface area (Å²) < 4.78 is 7.70.